The van der Waals surface area contributed by atoms with Crippen LogP contribution in [0.25, 0.3) is 0 Å². The van der Waals surface area contributed by atoms with Gasteiger partial charge < -0.3 is 16.8 Å². The maximum absolute atomic E-state index is 12.0. The van der Waals surface area contributed by atoms with Gasteiger partial charge >= 0.3 is 0 Å². The zero-order chi connectivity index (χ0) is 15.5. The van der Waals surface area contributed by atoms with Gasteiger partial charge in [0.1, 0.15) is 0 Å². The number of amides is 2. The average Bonchev–Trinajstić information content (AvgIpc) is 2.30. The second-order valence-corrected chi connectivity index (χ2v) is 6.12. The van der Waals surface area contributed by atoms with E-state index in [1.54, 1.807) is 18.2 Å². The fourth-order valence-corrected chi connectivity index (χ4v) is 1.66. The summed E-state index contributed by atoms with van der Waals surface area (Å²) < 4.78 is 0. The summed E-state index contributed by atoms with van der Waals surface area (Å²) in [6.07, 6.45) is 0.251. The molecule has 0 saturated heterocycles. The van der Waals surface area contributed by atoms with Crippen LogP contribution in [0.3, 0.4) is 0 Å². The first-order valence-corrected chi connectivity index (χ1v) is 6.57. The summed E-state index contributed by atoms with van der Waals surface area (Å²) in [5, 5.41) is 2.81. The highest BCUT2D eigenvalue weighted by molar-refractivity contribution is 5.95. The molecule has 0 aromatic heterocycles. The van der Waals surface area contributed by atoms with Crippen LogP contribution in [0.1, 0.15) is 43.1 Å². The molecule has 1 rings (SSSR count). The number of benzene rings is 1. The molecule has 5 heteroatoms. The molecule has 5 N–H and O–H groups in total. The van der Waals surface area contributed by atoms with Crippen molar-refractivity contribution in [2.45, 2.75) is 40.2 Å². The molecule has 0 bridgehead atoms. The van der Waals surface area contributed by atoms with Crippen LogP contribution >= 0.6 is 0 Å². The molecule has 0 heterocycles. The summed E-state index contributed by atoms with van der Waals surface area (Å²) in [6.45, 7) is 7.80. The topological polar surface area (TPSA) is 98.2 Å². The largest absolute Gasteiger partial charge is 0.366 e. The van der Waals surface area contributed by atoms with Gasteiger partial charge in [0, 0.05) is 23.7 Å². The van der Waals surface area contributed by atoms with Crippen molar-refractivity contribution < 1.29 is 9.59 Å². The van der Waals surface area contributed by atoms with Gasteiger partial charge in [0.25, 0.3) is 0 Å². The lowest BCUT2D eigenvalue weighted by Crippen LogP contribution is -2.38. The second-order valence-electron chi connectivity index (χ2n) is 6.12. The molecule has 1 aromatic rings. The lowest BCUT2D eigenvalue weighted by molar-refractivity contribution is -0.117. The first-order chi connectivity index (χ1) is 9.11. The molecule has 0 aliphatic heterocycles. The van der Waals surface area contributed by atoms with E-state index in [4.69, 9.17) is 11.5 Å². The summed E-state index contributed by atoms with van der Waals surface area (Å²) >= 11 is 0. The minimum atomic E-state index is -0.485. The lowest BCUT2D eigenvalue weighted by atomic mass is 9.85. The zero-order valence-electron chi connectivity index (χ0n) is 12.5. The molecule has 1 aromatic carbocycles. The Morgan fingerprint density at radius 1 is 1.30 bits per heavy atom. The van der Waals surface area contributed by atoms with E-state index in [1.165, 1.54) is 0 Å². The molecule has 0 fully saturated rings. The van der Waals surface area contributed by atoms with Crippen LogP contribution in [0.5, 0.6) is 0 Å². The zero-order valence-corrected chi connectivity index (χ0v) is 12.5. The Morgan fingerprint density at radius 3 is 2.35 bits per heavy atom. The molecule has 20 heavy (non-hydrogen) atoms. The Bertz CT molecular complexity index is 518. The van der Waals surface area contributed by atoms with Gasteiger partial charge in [0.05, 0.1) is 0 Å². The Labute approximate surface area is 119 Å². The lowest BCUT2D eigenvalue weighted by Gasteiger charge is -2.26. The van der Waals surface area contributed by atoms with Gasteiger partial charge in [-0.05, 0) is 36.1 Å². The van der Waals surface area contributed by atoms with Crippen molar-refractivity contribution in [1.82, 2.24) is 0 Å². The van der Waals surface area contributed by atoms with Crippen molar-refractivity contribution >= 4 is 17.5 Å². The normalized spacial score (nSPS) is 12.8. The number of carbonyl (C=O) groups excluding carboxylic acids is 2. The Morgan fingerprint density at radius 2 is 1.90 bits per heavy atom. The van der Waals surface area contributed by atoms with Gasteiger partial charge in [-0.15, -0.1) is 0 Å². The molecule has 0 spiro atoms. The van der Waals surface area contributed by atoms with Crippen LogP contribution in [0.4, 0.5) is 5.69 Å². The Hall–Kier alpha value is -1.88. The quantitative estimate of drug-likeness (QED) is 0.782. The SMILES string of the molecule is Cc1cc(C(N)=O)ccc1NC(=O)CC(N)C(C)(C)C. The van der Waals surface area contributed by atoms with Gasteiger partial charge in [-0.1, -0.05) is 20.8 Å². The summed E-state index contributed by atoms with van der Waals surface area (Å²) in [7, 11) is 0. The molecular weight excluding hydrogens is 254 g/mol. The highest BCUT2D eigenvalue weighted by Crippen LogP contribution is 2.21. The standard InChI is InChI=1S/C15H23N3O2/c1-9-7-10(14(17)20)5-6-11(9)18-13(19)8-12(16)15(2,3)4/h5-7,12H,8,16H2,1-4H3,(H2,17,20)(H,18,19). The van der Waals surface area contributed by atoms with E-state index < -0.39 is 5.91 Å². The van der Waals surface area contributed by atoms with Crippen LogP contribution < -0.4 is 16.8 Å². The fraction of sp³-hybridized carbons (Fsp3) is 0.467. The fourth-order valence-electron chi connectivity index (χ4n) is 1.66. The third-order valence-electron chi connectivity index (χ3n) is 3.30. The number of hydrogen-bond donors (Lipinski definition) is 3. The molecule has 1 atom stereocenters. The summed E-state index contributed by atoms with van der Waals surface area (Å²) in [6, 6.07) is 4.71. The van der Waals surface area contributed by atoms with Crippen LogP contribution in [-0.2, 0) is 4.79 Å². The number of nitrogens with one attached hydrogen (secondary N) is 1. The number of anilines is 1. The molecule has 0 aliphatic carbocycles. The maximum atomic E-state index is 12.0. The Balaban J connectivity index is 2.74. The van der Waals surface area contributed by atoms with E-state index in [0.29, 0.717) is 11.3 Å². The van der Waals surface area contributed by atoms with Crippen LogP contribution in [0.2, 0.25) is 0 Å². The van der Waals surface area contributed by atoms with Crippen LogP contribution in [-0.4, -0.2) is 17.9 Å². The number of hydrogen-bond acceptors (Lipinski definition) is 3. The van der Waals surface area contributed by atoms with E-state index in [0.717, 1.165) is 5.56 Å². The number of primary amides is 1. The van der Waals surface area contributed by atoms with Crippen molar-refractivity contribution in [3.8, 4) is 0 Å². The highest BCUT2D eigenvalue weighted by Gasteiger charge is 2.23. The minimum Gasteiger partial charge on any atom is -0.366 e. The van der Waals surface area contributed by atoms with Crippen molar-refractivity contribution in [3.63, 3.8) is 0 Å². The highest BCUT2D eigenvalue weighted by atomic mass is 16.2. The summed E-state index contributed by atoms with van der Waals surface area (Å²) in [5.41, 5.74) is 12.9. The number of rotatable bonds is 4. The second kappa shape index (κ2) is 6.05. The number of aryl methyl sites for hydroxylation is 1. The van der Waals surface area contributed by atoms with Gasteiger partial charge in [-0.25, -0.2) is 0 Å². The number of carbonyl (C=O) groups is 2. The van der Waals surface area contributed by atoms with E-state index in [2.05, 4.69) is 5.32 Å². The Kier molecular flexibility index (Phi) is 4.89. The van der Waals surface area contributed by atoms with Gasteiger partial charge in [0.2, 0.25) is 11.8 Å². The molecular formula is C15H23N3O2. The van der Waals surface area contributed by atoms with Crippen LogP contribution in [0, 0.1) is 12.3 Å². The van der Waals surface area contributed by atoms with E-state index in [-0.39, 0.29) is 23.8 Å². The van der Waals surface area contributed by atoms with Crippen molar-refractivity contribution in [2.24, 2.45) is 16.9 Å². The first kappa shape index (κ1) is 16.2. The third-order valence-corrected chi connectivity index (χ3v) is 3.30. The van der Waals surface area contributed by atoms with Crippen LogP contribution in [0.15, 0.2) is 18.2 Å². The summed E-state index contributed by atoms with van der Waals surface area (Å²) in [4.78, 5) is 23.0. The predicted molar refractivity (Wildman–Crippen MR) is 80.4 cm³/mol. The average molecular weight is 277 g/mol. The molecule has 5 nitrogen and oxygen atoms in total. The maximum Gasteiger partial charge on any atom is 0.248 e. The van der Waals surface area contributed by atoms with Crippen molar-refractivity contribution in [2.75, 3.05) is 5.32 Å². The molecule has 0 aliphatic rings. The molecule has 1 unspecified atom stereocenters. The molecule has 110 valence electrons. The van der Waals surface area contributed by atoms with E-state index in [1.807, 2.05) is 27.7 Å². The predicted octanol–water partition coefficient (Wildman–Crippen LogP) is 1.80. The smallest absolute Gasteiger partial charge is 0.248 e. The van der Waals surface area contributed by atoms with Crippen molar-refractivity contribution in [1.29, 1.82) is 0 Å². The molecule has 0 radical (unpaired) electrons. The van der Waals surface area contributed by atoms with E-state index >= 15 is 0 Å². The van der Waals surface area contributed by atoms with Gasteiger partial charge in [0.15, 0.2) is 0 Å². The monoisotopic (exact) mass is 277 g/mol. The van der Waals surface area contributed by atoms with E-state index in [9.17, 15) is 9.59 Å². The first-order valence-electron chi connectivity index (χ1n) is 6.57. The third kappa shape index (κ3) is 4.35. The molecule has 2 amide bonds. The summed E-state index contributed by atoms with van der Waals surface area (Å²) in [5.74, 6) is -0.622. The van der Waals surface area contributed by atoms with Crippen molar-refractivity contribution in [3.05, 3.63) is 29.3 Å². The molecule has 0 saturated carbocycles. The minimum absolute atomic E-state index is 0.123. The van der Waals surface area contributed by atoms with Gasteiger partial charge in [-0.2, -0.15) is 0 Å². The number of nitrogens with two attached hydrogens (primary N) is 2. The van der Waals surface area contributed by atoms with Gasteiger partial charge in [-0.3, -0.25) is 9.59 Å².